The van der Waals surface area contributed by atoms with Crippen LogP contribution in [-0.2, 0) is 14.8 Å². The van der Waals surface area contributed by atoms with Crippen LogP contribution in [0.25, 0.3) is 0 Å². The van der Waals surface area contributed by atoms with Gasteiger partial charge in [-0.05, 0) is 42.0 Å². The predicted octanol–water partition coefficient (Wildman–Crippen LogP) is 3.12. The van der Waals surface area contributed by atoms with E-state index < -0.39 is 22.5 Å². The number of methoxy groups -OCH3 is 2. The molecule has 35 heavy (non-hydrogen) atoms. The van der Waals surface area contributed by atoms with E-state index in [9.17, 15) is 13.2 Å². The lowest BCUT2D eigenvalue weighted by molar-refractivity contribution is -0.119. The van der Waals surface area contributed by atoms with Crippen LogP contribution >= 0.6 is 0 Å². The minimum Gasteiger partial charge on any atom is -0.493 e. The second kappa shape index (κ2) is 11.4. The van der Waals surface area contributed by atoms with Crippen LogP contribution in [0, 0.1) is 0 Å². The predicted molar refractivity (Wildman–Crippen MR) is 137 cm³/mol. The van der Waals surface area contributed by atoms with Gasteiger partial charge in [0.15, 0.2) is 11.5 Å². The standard InChI is InChI=1S/C25H28N4O5S/c1-28(2)20-12-10-19(11-13-20)17-26-27-25(30)18-29(35(31,32)22-8-6-5-7-9-22)21-14-15-23(33-3)24(16-21)34-4/h5-17H,18H2,1-4H3,(H,27,30)/b26-17-. The normalized spacial score (nSPS) is 11.2. The van der Waals surface area contributed by atoms with Crippen molar-refractivity contribution in [2.45, 2.75) is 4.90 Å². The van der Waals surface area contributed by atoms with Crippen molar-refractivity contribution < 1.29 is 22.7 Å². The summed E-state index contributed by atoms with van der Waals surface area (Å²) in [6.07, 6.45) is 1.49. The second-order valence-corrected chi connectivity index (χ2v) is 9.51. The van der Waals surface area contributed by atoms with E-state index >= 15 is 0 Å². The molecule has 3 rings (SSSR count). The largest absolute Gasteiger partial charge is 0.493 e. The average molecular weight is 497 g/mol. The Hall–Kier alpha value is -4.05. The number of benzene rings is 3. The zero-order chi connectivity index (χ0) is 25.4. The molecule has 10 heteroatoms. The fourth-order valence-corrected chi connectivity index (χ4v) is 4.65. The number of sulfonamides is 1. The monoisotopic (exact) mass is 496 g/mol. The molecule has 0 aliphatic rings. The van der Waals surface area contributed by atoms with Crippen molar-refractivity contribution in [3.63, 3.8) is 0 Å². The maximum Gasteiger partial charge on any atom is 0.264 e. The first-order valence-corrected chi connectivity index (χ1v) is 12.1. The molecule has 0 saturated heterocycles. The Morgan fingerprint density at radius 1 is 0.914 bits per heavy atom. The summed E-state index contributed by atoms with van der Waals surface area (Å²) in [6.45, 7) is -0.496. The van der Waals surface area contributed by atoms with Gasteiger partial charge in [0.25, 0.3) is 15.9 Å². The third-order valence-electron chi connectivity index (χ3n) is 5.09. The number of nitrogens with one attached hydrogen (secondary N) is 1. The van der Waals surface area contributed by atoms with Crippen molar-refractivity contribution in [3.8, 4) is 11.5 Å². The molecule has 0 heterocycles. The van der Waals surface area contributed by atoms with Crippen molar-refractivity contribution >= 4 is 33.5 Å². The number of nitrogens with zero attached hydrogens (tertiary/aromatic N) is 3. The zero-order valence-corrected chi connectivity index (χ0v) is 20.8. The molecule has 0 fully saturated rings. The van der Waals surface area contributed by atoms with Crippen LogP contribution in [0.5, 0.6) is 11.5 Å². The Labute approximate surface area is 205 Å². The molecule has 3 aromatic carbocycles. The van der Waals surface area contributed by atoms with Crippen LogP contribution in [0.1, 0.15) is 5.56 Å². The van der Waals surface area contributed by atoms with Gasteiger partial charge < -0.3 is 14.4 Å². The van der Waals surface area contributed by atoms with Crippen molar-refractivity contribution in [3.05, 3.63) is 78.4 Å². The molecule has 3 aromatic rings. The SMILES string of the molecule is COc1ccc(N(CC(=O)N/N=C\c2ccc(N(C)C)cc2)S(=O)(=O)c2ccccc2)cc1OC. The molecule has 0 atom stereocenters. The molecular formula is C25H28N4O5S. The number of ether oxygens (including phenoxy) is 2. The van der Waals surface area contributed by atoms with Gasteiger partial charge in [-0.3, -0.25) is 9.10 Å². The molecular weight excluding hydrogens is 468 g/mol. The highest BCUT2D eigenvalue weighted by Gasteiger charge is 2.28. The van der Waals surface area contributed by atoms with Crippen LogP contribution in [0.15, 0.2) is 82.8 Å². The smallest absolute Gasteiger partial charge is 0.264 e. The number of anilines is 2. The first-order chi connectivity index (χ1) is 16.8. The minimum atomic E-state index is -4.06. The second-order valence-electron chi connectivity index (χ2n) is 7.64. The van der Waals surface area contributed by atoms with Crippen molar-refractivity contribution in [2.24, 2.45) is 5.10 Å². The average Bonchev–Trinajstić information content (AvgIpc) is 2.87. The number of hydrazone groups is 1. The fraction of sp³-hybridized carbons (Fsp3) is 0.200. The molecule has 0 radical (unpaired) electrons. The van der Waals surface area contributed by atoms with Crippen LogP contribution in [0.2, 0.25) is 0 Å². The summed E-state index contributed by atoms with van der Waals surface area (Å²) in [6, 6.07) is 20.1. The molecule has 0 spiro atoms. The van der Waals surface area contributed by atoms with E-state index in [1.807, 2.05) is 43.3 Å². The summed E-state index contributed by atoms with van der Waals surface area (Å²) < 4.78 is 38.4. The minimum absolute atomic E-state index is 0.0482. The van der Waals surface area contributed by atoms with Gasteiger partial charge in [-0.25, -0.2) is 13.8 Å². The number of rotatable bonds is 10. The van der Waals surface area contributed by atoms with E-state index in [-0.39, 0.29) is 10.6 Å². The number of amides is 1. The van der Waals surface area contributed by atoms with Gasteiger partial charge in [0.05, 0.1) is 31.0 Å². The number of carbonyl (C=O) groups is 1. The van der Waals surface area contributed by atoms with Crippen LogP contribution in [-0.4, -0.2) is 55.4 Å². The first kappa shape index (κ1) is 25.6. The lowest BCUT2D eigenvalue weighted by Gasteiger charge is -2.24. The third kappa shape index (κ3) is 6.30. The topological polar surface area (TPSA) is 101 Å². The number of hydrogen-bond donors (Lipinski definition) is 1. The quantitative estimate of drug-likeness (QED) is 0.342. The summed E-state index contributed by atoms with van der Waals surface area (Å²) >= 11 is 0. The summed E-state index contributed by atoms with van der Waals surface area (Å²) in [5.74, 6) is 0.154. The van der Waals surface area contributed by atoms with E-state index in [1.165, 1.54) is 38.6 Å². The Bertz CT molecular complexity index is 1280. The molecule has 0 unspecified atom stereocenters. The lowest BCUT2D eigenvalue weighted by atomic mass is 10.2. The van der Waals surface area contributed by atoms with Crippen LogP contribution in [0.4, 0.5) is 11.4 Å². The van der Waals surface area contributed by atoms with Gasteiger partial charge in [-0.1, -0.05) is 30.3 Å². The van der Waals surface area contributed by atoms with Gasteiger partial charge in [0.2, 0.25) is 0 Å². The zero-order valence-electron chi connectivity index (χ0n) is 20.0. The molecule has 0 aliphatic heterocycles. The highest BCUT2D eigenvalue weighted by Crippen LogP contribution is 2.33. The van der Waals surface area contributed by atoms with Crippen molar-refractivity contribution in [2.75, 3.05) is 44.1 Å². The van der Waals surface area contributed by atoms with E-state index in [0.717, 1.165) is 15.6 Å². The molecule has 0 saturated carbocycles. The van der Waals surface area contributed by atoms with E-state index in [0.29, 0.717) is 11.5 Å². The van der Waals surface area contributed by atoms with Gasteiger partial charge in [-0.15, -0.1) is 0 Å². The first-order valence-electron chi connectivity index (χ1n) is 10.7. The third-order valence-corrected chi connectivity index (χ3v) is 6.87. The van der Waals surface area contributed by atoms with E-state index in [4.69, 9.17) is 9.47 Å². The van der Waals surface area contributed by atoms with Crippen molar-refractivity contribution in [1.29, 1.82) is 0 Å². The summed E-state index contributed by atoms with van der Waals surface area (Å²) in [5, 5.41) is 3.97. The maximum atomic E-state index is 13.4. The molecule has 184 valence electrons. The molecule has 0 aliphatic carbocycles. The maximum absolute atomic E-state index is 13.4. The Morgan fingerprint density at radius 3 is 2.14 bits per heavy atom. The molecule has 0 aromatic heterocycles. The summed E-state index contributed by atoms with van der Waals surface area (Å²) in [5.41, 5.74) is 4.45. The highest BCUT2D eigenvalue weighted by molar-refractivity contribution is 7.92. The van der Waals surface area contributed by atoms with Gasteiger partial charge in [0, 0.05) is 25.8 Å². The molecule has 1 amide bonds. The number of carbonyl (C=O) groups excluding carboxylic acids is 1. The summed E-state index contributed by atoms with van der Waals surface area (Å²) in [4.78, 5) is 14.7. The van der Waals surface area contributed by atoms with Gasteiger partial charge >= 0.3 is 0 Å². The van der Waals surface area contributed by atoms with Gasteiger partial charge in [-0.2, -0.15) is 5.10 Å². The van der Waals surface area contributed by atoms with Gasteiger partial charge in [0.1, 0.15) is 6.54 Å². The molecule has 9 nitrogen and oxygen atoms in total. The van der Waals surface area contributed by atoms with E-state index in [2.05, 4.69) is 10.5 Å². The fourth-order valence-electron chi connectivity index (χ4n) is 3.22. The number of hydrogen-bond acceptors (Lipinski definition) is 7. The Balaban J connectivity index is 1.85. The summed E-state index contributed by atoms with van der Waals surface area (Å²) in [7, 11) is 2.75. The molecule has 0 bridgehead atoms. The van der Waals surface area contributed by atoms with E-state index in [1.54, 1.807) is 30.3 Å². The van der Waals surface area contributed by atoms with Crippen LogP contribution < -0.4 is 24.1 Å². The highest BCUT2D eigenvalue weighted by atomic mass is 32.2. The van der Waals surface area contributed by atoms with Crippen LogP contribution in [0.3, 0.4) is 0 Å². The van der Waals surface area contributed by atoms with Crippen molar-refractivity contribution in [1.82, 2.24) is 5.43 Å². The molecule has 1 N–H and O–H groups in total. The Morgan fingerprint density at radius 2 is 1.54 bits per heavy atom. The Kier molecular flexibility index (Phi) is 8.32. The lowest BCUT2D eigenvalue weighted by Crippen LogP contribution is -2.39.